The van der Waals surface area contributed by atoms with Gasteiger partial charge >= 0.3 is 0 Å². The Labute approximate surface area is 165 Å². The Morgan fingerprint density at radius 3 is 2.71 bits per heavy atom. The van der Waals surface area contributed by atoms with Crippen molar-refractivity contribution in [1.29, 1.82) is 0 Å². The second-order valence-corrected chi connectivity index (χ2v) is 7.95. The van der Waals surface area contributed by atoms with Crippen molar-refractivity contribution < 1.29 is 4.79 Å². The minimum atomic E-state index is 0.0534. The lowest BCUT2D eigenvalue weighted by Gasteiger charge is -2.31. The average Bonchev–Trinajstić information content (AvgIpc) is 3.43. The van der Waals surface area contributed by atoms with E-state index in [-0.39, 0.29) is 5.91 Å². The summed E-state index contributed by atoms with van der Waals surface area (Å²) in [6, 6.07) is 15.7. The molecule has 7 nitrogen and oxygen atoms in total. The van der Waals surface area contributed by atoms with Gasteiger partial charge in [-0.2, -0.15) is 0 Å². The fourth-order valence-electron chi connectivity index (χ4n) is 3.64. The number of carbonyl (C=O) groups is 1. The summed E-state index contributed by atoms with van der Waals surface area (Å²) in [5.74, 6) is 0.478. The number of carbonyl (C=O) groups excluding carboxylic acids is 1. The molecule has 1 aliphatic rings. The largest absolute Gasteiger partial charge is 0.339 e. The first-order valence-electron chi connectivity index (χ1n) is 9.26. The molecule has 1 saturated heterocycles. The number of piperidine rings is 1. The molecule has 0 N–H and O–H groups in total. The number of benzene rings is 2. The third-order valence-corrected chi connectivity index (χ3v) is 6.35. The molecule has 0 spiro atoms. The molecule has 5 rings (SSSR count). The van der Waals surface area contributed by atoms with E-state index in [4.69, 9.17) is 4.98 Å². The molecule has 2 aromatic carbocycles. The van der Waals surface area contributed by atoms with Gasteiger partial charge in [-0.25, -0.2) is 9.67 Å². The van der Waals surface area contributed by atoms with Gasteiger partial charge in [-0.05, 0) is 53.6 Å². The monoisotopic (exact) mass is 390 g/mol. The molecule has 0 bridgehead atoms. The molecule has 28 heavy (non-hydrogen) atoms. The lowest BCUT2D eigenvalue weighted by molar-refractivity contribution is 0.0713. The fourth-order valence-corrected chi connectivity index (χ4v) is 4.77. The van der Waals surface area contributed by atoms with Crippen molar-refractivity contribution in [1.82, 2.24) is 30.1 Å². The van der Waals surface area contributed by atoms with Gasteiger partial charge in [0.15, 0.2) is 0 Å². The average molecular weight is 390 g/mol. The van der Waals surface area contributed by atoms with E-state index in [0.717, 1.165) is 37.1 Å². The van der Waals surface area contributed by atoms with E-state index < -0.39 is 0 Å². The van der Waals surface area contributed by atoms with E-state index in [1.165, 1.54) is 16.0 Å². The van der Waals surface area contributed by atoms with Crippen LogP contribution in [-0.4, -0.2) is 49.1 Å². The normalized spacial score (nSPS) is 15.2. The minimum Gasteiger partial charge on any atom is -0.339 e. The summed E-state index contributed by atoms with van der Waals surface area (Å²) in [7, 11) is 0. The zero-order chi connectivity index (χ0) is 18.9. The summed E-state index contributed by atoms with van der Waals surface area (Å²) in [5.41, 5.74) is 2.51. The molecule has 0 saturated carbocycles. The molecule has 140 valence electrons. The van der Waals surface area contributed by atoms with Gasteiger partial charge in [0.1, 0.15) is 6.33 Å². The van der Waals surface area contributed by atoms with Gasteiger partial charge in [0.25, 0.3) is 5.91 Å². The first kappa shape index (κ1) is 17.0. The number of amides is 1. The number of tetrazole rings is 1. The lowest BCUT2D eigenvalue weighted by atomic mass is 9.97. The van der Waals surface area contributed by atoms with Crippen LogP contribution in [0.25, 0.3) is 15.9 Å². The SMILES string of the molecule is O=C(c1cccc(-n2cnnn2)c1)N1CCC(c2nc3ccccc3s2)CC1. The number of para-hydroxylation sites is 1. The molecule has 1 amide bonds. The van der Waals surface area contributed by atoms with E-state index in [1.54, 1.807) is 16.0 Å². The molecular formula is C20H18N6OS. The molecule has 0 atom stereocenters. The molecule has 1 fully saturated rings. The van der Waals surface area contributed by atoms with Crippen LogP contribution >= 0.6 is 11.3 Å². The number of hydrogen-bond acceptors (Lipinski definition) is 6. The summed E-state index contributed by atoms with van der Waals surface area (Å²) >= 11 is 1.77. The first-order valence-corrected chi connectivity index (χ1v) is 10.1. The highest BCUT2D eigenvalue weighted by molar-refractivity contribution is 7.18. The van der Waals surface area contributed by atoms with E-state index >= 15 is 0 Å². The van der Waals surface area contributed by atoms with Crippen LogP contribution in [-0.2, 0) is 0 Å². The van der Waals surface area contributed by atoms with Crippen molar-refractivity contribution in [2.24, 2.45) is 0 Å². The van der Waals surface area contributed by atoms with Crippen molar-refractivity contribution in [2.45, 2.75) is 18.8 Å². The van der Waals surface area contributed by atoms with Crippen LogP contribution in [0.15, 0.2) is 54.9 Å². The second kappa shape index (κ2) is 7.12. The van der Waals surface area contributed by atoms with Gasteiger partial charge in [0, 0.05) is 24.6 Å². The van der Waals surface area contributed by atoms with Crippen molar-refractivity contribution in [3.8, 4) is 5.69 Å². The van der Waals surface area contributed by atoms with Crippen molar-refractivity contribution in [3.05, 3.63) is 65.4 Å². The van der Waals surface area contributed by atoms with Gasteiger partial charge < -0.3 is 4.90 Å². The third-order valence-electron chi connectivity index (χ3n) is 5.15. The van der Waals surface area contributed by atoms with Crippen molar-refractivity contribution >= 4 is 27.5 Å². The maximum atomic E-state index is 13.0. The first-order chi connectivity index (χ1) is 13.8. The summed E-state index contributed by atoms with van der Waals surface area (Å²) in [5, 5.41) is 12.4. The Hall–Kier alpha value is -3.13. The molecule has 0 unspecified atom stereocenters. The highest BCUT2D eigenvalue weighted by atomic mass is 32.1. The summed E-state index contributed by atoms with van der Waals surface area (Å²) in [6.45, 7) is 1.49. The molecule has 0 radical (unpaired) electrons. The highest BCUT2D eigenvalue weighted by Crippen LogP contribution is 2.34. The summed E-state index contributed by atoms with van der Waals surface area (Å²) in [6.07, 6.45) is 3.41. The van der Waals surface area contributed by atoms with Crippen LogP contribution in [0.1, 0.15) is 34.1 Å². The number of rotatable bonds is 3. The number of likely N-dealkylation sites (tertiary alicyclic amines) is 1. The maximum Gasteiger partial charge on any atom is 0.253 e. The Morgan fingerprint density at radius 2 is 1.93 bits per heavy atom. The number of hydrogen-bond donors (Lipinski definition) is 0. The zero-order valence-corrected chi connectivity index (χ0v) is 15.9. The Bertz CT molecular complexity index is 1080. The van der Waals surface area contributed by atoms with Crippen molar-refractivity contribution in [3.63, 3.8) is 0 Å². The maximum absolute atomic E-state index is 13.0. The standard InChI is InChI=1S/C20H18N6OS/c27-20(15-4-3-5-16(12-15)26-13-21-23-24-26)25-10-8-14(9-11-25)19-22-17-6-1-2-7-18(17)28-19/h1-7,12-14H,8-11H2. The van der Waals surface area contributed by atoms with Crippen LogP contribution < -0.4 is 0 Å². The van der Waals surface area contributed by atoms with Crippen LogP contribution in [0.3, 0.4) is 0 Å². The van der Waals surface area contributed by atoms with E-state index in [1.807, 2.05) is 35.2 Å². The van der Waals surface area contributed by atoms with E-state index in [9.17, 15) is 4.79 Å². The zero-order valence-electron chi connectivity index (χ0n) is 15.1. The van der Waals surface area contributed by atoms with Gasteiger partial charge in [0.2, 0.25) is 0 Å². The van der Waals surface area contributed by atoms with Crippen molar-refractivity contribution in [2.75, 3.05) is 13.1 Å². The fraction of sp³-hybridized carbons (Fsp3) is 0.250. The van der Waals surface area contributed by atoms with Crippen LogP contribution in [0, 0.1) is 0 Å². The van der Waals surface area contributed by atoms with Gasteiger partial charge in [-0.15, -0.1) is 16.4 Å². The number of thiazole rings is 1. The van der Waals surface area contributed by atoms with Crippen LogP contribution in [0.4, 0.5) is 0 Å². The van der Waals surface area contributed by atoms with E-state index in [2.05, 4.69) is 33.7 Å². The topological polar surface area (TPSA) is 76.8 Å². The summed E-state index contributed by atoms with van der Waals surface area (Å²) in [4.78, 5) is 19.7. The molecule has 2 aromatic heterocycles. The Kier molecular flexibility index (Phi) is 4.32. The summed E-state index contributed by atoms with van der Waals surface area (Å²) < 4.78 is 2.78. The highest BCUT2D eigenvalue weighted by Gasteiger charge is 2.26. The molecule has 0 aliphatic carbocycles. The lowest BCUT2D eigenvalue weighted by Crippen LogP contribution is -2.37. The van der Waals surface area contributed by atoms with Crippen LogP contribution in [0.2, 0.25) is 0 Å². The number of fused-ring (bicyclic) bond motifs is 1. The van der Waals surface area contributed by atoms with Crippen LogP contribution in [0.5, 0.6) is 0 Å². The predicted molar refractivity (Wildman–Crippen MR) is 107 cm³/mol. The van der Waals surface area contributed by atoms with E-state index in [0.29, 0.717) is 11.5 Å². The Morgan fingerprint density at radius 1 is 1.07 bits per heavy atom. The number of nitrogens with zero attached hydrogens (tertiary/aromatic N) is 6. The predicted octanol–water partition coefficient (Wildman–Crippen LogP) is 3.29. The second-order valence-electron chi connectivity index (χ2n) is 6.89. The van der Waals surface area contributed by atoms with Gasteiger partial charge in [-0.1, -0.05) is 18.2 Å². The van der Waals surface area contributed by atoms with Gasteiger partial charge in [0.05, 0.1) is 20.9 Å². The molecule has 4 aromatic rings. The molecule has 8 heteroatoms. The Balaban J connectivity index is 1.29. The smallest absolute Gasteiger partial charge is 0.253 e. The minimum absolute atomic E-state index is 0.0534. The molecule has 1 aliphatic heterocycles. The number of aromatic nitrogens is 5. The quantitative estimate of drug-likeness (QED) is 0.536. The third kappa shape index (κ3) is 3.16. The molecule has 3 heterocycles. The molecular weight excluding hydrogens is 372 g/mol. The van der Waals surface area contributed by atoms with Gasteiger partial charge in [-0.3, -0.25) is 4.79 Å².